The van der Waals surface area contributed by atoms with E-state index < -0.39 is 30.1 Å². The van der Waals surface area contributed by atoms with Crippen LogP contribution < -0.4 is 14.2 Å². The number of halogens is 1. The van der Waals surface area contributed by atoms with Gasteiger partial charge in [-0.3, -0.25) is 4.79 Å². The molecule has 2 rings (SSSR count). The van der Waals surface area contributed by atoms with Crippen LogP contribution in [0.1, 0.15) is 86.0 Å². The molecule has 216 valence electrons. The first-order chi connectivity index (χ1) is 18.7. The van der Waals surface area contributed by atoms with Gasteiger partial charge in [0, 0.05) is 25.0 Å². The van der Waals surface area contributed by atoms with Crippen LogP contribution in [0.5, 0.6) is 17.2 Å². The van der Waals surface area contributed by atoms with Gasteiger partial charge in [-0.15, -0.1) is 0 Å². The molecule has 0 aromatic heterocycles. The Kier molecular flexibility index (Phi) is 14.3. The fourth-order valence-corrected chi connectivity index (χ4v) is 3.97. The zero-order chi connectivity index (χ0) is 28.8. The average molecular weight is 565 g/mol. The van der Waals surface area contributed by atoms with Gasteiger partial charge in [0.25, 0.3) is 0 Å². The van der Waals surface area contributed by atoms with Gasteiger partial charge >= 0.3 is 17.9 Å². The maximum Gasteiger partial charge on any atom is 0.340 e. The van der Waals surface area contributed by atoms with Gasteiger partial charge in [-0.25, -0.2) is 9.59 Å². The van der Waals surface area contributed by atoms with E-state index in [0.29, 0.717) is 30.4 Å². The molecule has 0 radical (unpaired) electrons. The molecular weight excluding hydrogens is 524 g/mol. The number of unbranched alkanes of at least 4 members (excludes halogenated alkanes) is 4. The summed E-state index contributed by atoms with van der Waals surface area (Å²) in [6, 6.07) is 6.59. The van der Waals surface area contributed by atoms with Crippen LogP contribution in [0.3, 0.4) is 0 Å². The third-order valence-corrected chi connectivity index (χ3v) is 6.28. The van der Waals surface area contributed by atoms with Crippen molar-refractivity contribution >= 4 is 40.3 Å². The second-order valence-electron chi connectivity index (χ2n) is 9.38. The quantitative estimate of drug-likeness (QED) is 0.113. The van der Waals surface area contributed by atoms with Crippen molar-refractivity contribution in [2.45, 2.75) is 98.2 Å². The van der Waals surface area contributed by atoms with Crippen molar-refractivity contribution in [2.24, 2.45) is 0 Å². The maximum absolute atomic E-state index is 13.0. The second kappa shape index (κ2) is 17.1. The van der Waals surface area contributed by atoms with E-state index in [-0.39, 0.29) is 28.7 Å². The van der Waals surface area contributed by atoms with Crippen LogP contribution in [0.2, 0.25) is 5.02 Å². The molecule has 0 aliphatic rings. The summed E-state index contributed by atoms with van der Waals surface area (Å²) in [5.74, 6) is -2.37. The summed E-state index contributed by atoms with van der Waals surface area (Å²) >= 11 is 6.50. The van der Waals surface area contributed by atoms with E-state index >= 15 is 0 Å². The van der Waals surface area contributed by atoms with Crippen LogP contribution in [0.15, 0.2) is 24.3 Å². The summed E-state index contributed by atoms with van der Waals surface area (Å²) in [6.07, 6.45) is 4.52. The lowest BCUT2D eigenvalue weighted by Crippen LogP contribution is -2.28. The highest BCUT2D eigenvalue weighted by molar-refractivity contribution is 6.36. The molecule has 2 aromatic carbocycles. The van der Waals surface area contributed by atoms with Crippen LogP contribution >= 0.6 is 11.6 Å². The Morgan fingerprint density at radius 2 is 1.36 bits per heavy atom. The van der Waals surface area contributed by atoms with Gasteiger partial charge in [0.2, 0.25) is 5.75 Å². The maximum atomic E-state index is 13.0. The molecule has 0 aliphatic heterocycles. The molecule has 8 nitrogen and oxygen atoms in total. The van der Waals surface area contributed by atoms with Gasteiger partial charge in [-0.2, -0.15) is 0 Å². The summed E-state index contributed by atoms with van der Waals surface area (Å²) in [4.78, 5) is 38.6. The highest BCUT2D eigenvalue weighted by Crippen LogP contribution is 2.47. The number of hydrogen-bond acceptors (Lipinski definition) is 8. The molecule has 0 bridgehead atoms. The van der Waals surface area contributed by atoms with Gasteiger partial charge in [0.15, 0.2) is 23.7 Å². The molecule has 2 aromatic rings. The van der Waals surface area contributed by atoms with Crippen molar-refractivity contribution in [3.63, 3.8) is 0 Å². The number of benzene rings is 2. The minimum Gasteiger partial charge on any atom is -0.422 e. The average Bonchev–Trinajstić information content (AvgIpc) is 2.90. The summed E-state index contributed by atoms with van der Waals surface area (Å²) in [5.41, 5.74) is 0. The standard InChI is InChI=1S/C30H41ClO8/c1-6-9-11-17-35-20(4)29(33)37-24-19-22-15-13-16-23(31)26(22)28(38-25(32)14-8-3)27(24)39-30(34)21(5)36-18-12-10-7-2/h13,15-16,19-21H,6-12,14,17-18H2,1-5H3. The summed E-state index contributed by atoms with van der Waals surface area (Å²) in [5, 5.41) is 1.16. The molecule has 0 saturated carbocycles. The van der Waals surface area contributed by atoms with Crippen molar-refractivity contribution in [3.05, 3.63) is 29.3 Å². The van der Waals surface area contributed by atoms with Crippen LogP contribution in [0.4, 0.5) is 0 Å². The molecule has 0 heterocycles. The van der Waals surface area contributed by atoms with Crippen molar-refractivity contribution in [1.29, 1.82) is 0 Å². The number of fused-ring (bicyclic) bond motifs is 1. The van der Waals surface area contributed by atoms with Crippen LogP contribution in [0, 0.1) is 0 Å². The first-order valence-corrected chi connectivity index (χ1v) is 14.2. The van der Waals surface area contributed by atoms with E-state index in [1.807, 2.05) is 6.92 Å². The molecular formula is C30H41ClO8. The zero-order valence-electron chi connectivity index (χ0n) is 23.7. The van der Waals surface area contributed by atoms with E-state index in [1.165, 1.54) is 6.07 Å². The van der Waals surface area contributed by atoms with E-state index in [4.69, 9.17) is 35.3 Å². The lowest BCUT2D eigenvalue weighted by atomic mass is 10.1. The smallest absolute Gasteiger partial charge is 0.340 e. The van der Waals surface area contributed by atoms with E-state index in [2.05, 4.69) is 13.8 Å². The summed E-state index contributed by atoms with van der Waals surface area (Å²) in [7, 11) is 0. The van der Waals surface area contributed by atoms with E-state index in [9.17, 15) is 14.4 Å². The minimum atomic E-state index is -0.910. The predicted octanol–water partition coefficient (Wildman–Crippen LogP) is 7.20. The van der Waals surface area contributed by atoms with Crippen LogP contribution in [0.25, 0.3) is 10.8 Å². The van der Waals surface area contributed by atoms with Gasteiger partial charge < -0.3 is 23.7 Å². The predicted molar refractivity (Wildman–Crippen MR) is 151 cm³/mol. The monoisotopic (exact) mass is 564 g/mol. The number of carbonyl (C=O) groups excluding carboxylic acids is 3. The third-order valence-electron chi connectivity index (χ3n) is 5.97. The van der Waals surface area contributed by atoms with Crippen LogP contribution in [-0.2, 0) is 23.9 Å². The third kappa shape index (κ3) is 10.1. The normalized spacial score (nSPS) is 12.7. The Morgan fingerprint density at radius 3 is 1.92 bits per heavy atom. The Morgan fingerprint density at radius 1 is 0.769 bits per heavy atom. The lowest BCUT2D eigenvalue weighted by Gasteiger charge is -2.20. The Hall–Kier alpha value is -2.68. The van der Waals surface area contributed by atoms with Gasteiger partial charge in [-0.1, -0.05) is 70.2 Å². The fraction of sp³-hybridized carbons (Fsp3) is 0.567. The Bertz CT molecular complexity index is 1100. The lowest BCUT2D eigenvalue weighted by molar-refractivity contribution is -0.149. The molecule has 2 unspecified atom stereocenters. The largest absolute Gasteiger partial charge is 0.422 e. The van der Waals surface area contributed by atoms with Crippen molar-refractivity contribution < 1.29 is 38.1 Å². The molecule has 0 spiro atoms. The fourth-order valence-electron chi connectivity index (χ4n) is 3.71. The molecule has 0 saturated heterocycles. The molecule has 9 heteroatoms. The van der Waals surface area contributed by atoms with Crippen LogP contribution in [-0.4, -0.2) is 43.3 Å². The molecule has 0 aliphatic carbocycles. The molecule has 0 N–H and O–H groups in total. The molecule has 39 heavy (non-hydrogen) atoms. The van der Waals surface area contributed by atoms with Crippen molar-refractivity contribution in [2.75, 3.05) is 13.2 Å². The first-order valence-electron chi connectivity index (χ1n) is 13.9. The number of esters is 3. The van der Waals surface area contributed by atoms with Gasteiger partial charge in [0.1, 0.15) is 0 Å². The molecule has 0 fully saturated rings. The first kappa shape index (κ1) is 32.5. The summed E-state index contributed by atoms with van der Waals surface area (Å²) in [6.45, 7) is 9.95. The molecule has 2 atom stereocenters. The topological polar surface area (TPSA) is 97.4 Å². The number of hydrogen-bond donors (Lipinski definition) is 0. The minimum absolute atomic E-state index is 0.0930. The second-order valence-corrected chi connectivity index (χ2v) is 9.78. The number of carbonyl (C=O) groups is 3. The SMILES string of the molecule is CCCCCOC(C)C(=O)Oc1cc2cccc(Cl)c2c(OC(=O)CCC)c1OC(=O)C(C)OCCCCC. The van der Waals surface area contributed by atoms with E-state index in [0.717, 1.165) is 38.5 Å². The highest BCUT2D eigenvalue weighted by atomic mass is 35.5. The number of rotatable bonds is 17. The molecule has 0 amide bonds. The Balaban J connectivity index is 2.48. The Labute approximate surface area is 236 Å². The van der Waals surface area contributed by atoms with E-state index in [1.54, 1.807) is 32.0 Å². The zero-order valence-corrected chi connectivity index (χ0v) is 24.4. The highest BCUT2D eigenvalue weighted by Gasteiger charge is 2.28. The number of ether oxygens (including phenoxy) is 5. The van der Waals surface area contributed by atoms with Crippen molar-refractivity contribution in [3.8, 4) is 17.2 Å². The van der Waals surface area contributed by atoms with Gasteiger partial charge in [-0.05, 0) is 50.6 Å². The van der Waals surface area contributed by atoms with Gasteiger partial charge in [0.05, 0.1) is 5.02 Å². The summed E-state index contributed by atoms with van der Waals surface area (Å²) < 4.78 is 28.3. The van der Waals surface area contributed by atoms with Crippen molar-refractivity contribution in [1.82, 2.24) is 0 Å².